The van der Waals surface area contributed by atoms with Crippen LogP contribution in [0.4, 0.5) is 0 Å². The van der Waals surface area contributed by atoms with Crippen LogP contribution in [-0.2, 0) is 4.74 Å². The molecule has 66 valence electrons. The van der Waals surface area contributed by atoms with E-state index in [0.717, 1.165) is 0 Å². The van der Waals surface area contributed by atoms with Crippen molar-refractivity contribution in [2.75, 3.05) is 13.2 Å². The summed E-state index contributed by atoms with van der Waals surface area (Å²) in [6.07, 6.45) is -2.19. The summed E-state index contributed by atoms with van der Waals surface area (Å²) in [6, 6.07) is 0. The van der Waals surface area contributed by atoms with Gasteiger partial charge in [-0.3, -0.25) is 0 Å². The Morgan fingerprint density at radius 1 is 1.45 bits per heavy atom. The number of hydrogen-bond donors (Lipinski definition) is 4. The van der Waals surface area contributed by atoms with Crippen LogP contribution in [0.25, 0.3) is 0 Å². The molecule has 1 saturated heterocycles. The second-order valence-electron chi connectivity index (χ2n) is 2.65. The van der Waals surface area contributed by atoms with Gasteiger partial charge in [-0.2, -0.15) is 0 Å². The normalized spacial score (nSPS) is 45.8. The number of rotatable bonds is 1. The van der Waals surface area contributed by atoms with Gasteiger partial charge < -0.3 is 25.2 Å². The largest absolute Gasteiger partial charge is 0.391 e. The first-order chi connectivity index (χ1) is 5.10. The third-order valence-electron chi connectivity index (χ3n) is 1.82. The molecule has 0 spiro atoms. The molecule has 1 rings (SSSR count). The van der Waals surface area contributed by atoms with Crippen LogP contribution in [0.5, 0.6) is 0 Å². The van der Waals surface area contributed by atoms with Crippen LogP contribution in [0.1, 0.15) is 6.42 Å². The Bertz CT molecular complexity index is 139. The van der Waals surface area contributed by atoms with E-state index in [1.54, 1.807) is 0 Å². The minimum Gasteiger partial charge on any atom is -0.391 e. The van der Waals surface area contributed by atoms with Crippen LogP contribution in [-0.4, -0.2) is 51.6 Å². The first-order valence-electron chi connectivity index (χ1n) is 3.43. The highest BCUT2D eigenvalue weighted by molar-refractivity contribution is 4.86. The SMILES string of the molecule is OCC1(O)OCCC(O)C1O. The zero-order valence-corrected chi connectivity index (χ0v) is 5.97. The van der Waals surface area contributed by atoms with Crippen LogP contribution in [0.15, 0.2) is 0 Å². The van der Waals surface area contributed by atoms with Gasteiger partial charge in [0.25, 0.3) is 0 Å². The Hall–Kier alpha value is -0.200. The minimum absolute atomic E-state index is 0.134. The third kappa shape index (κ3) is 1.52. The van der Waals surface area contributed by atoms with Crippen LogP contribution in [0.2, 0.25) is 0 Å². The second kappa shape index (κ2) is 3.04. The van der Waals surface area contributed by atoms with Crippen molar-refractivity contribution in [3.05, 3.63) is 0 Å². The lowest BCUT2D eigenvalue weighted by Gasteiger charge is -2.37. The molecule has 3 atom stereocenters. The summed E-state index contributed by atoms with van der Waals surface area (Å²) < 4.78 is 4.69. The Morgan fingerprint density at radius 3 is 2.55 bits per heavy atom. The molecule has 4 N–H and O–H groups in total. The maximum Gasteiger partial charge on any atom is 0.218 e. The van der Waals surface area contributed by atoms with Crippen molar-refractivity contribution in [1.82, 2.24) is 0 Å². The molecule has 0 amide bonds. The smallest absolute Gasteiger partial charge is 0.218 e. The lowest BCUT2D eigenvalue weighted by atomic mass is 10.00. The van der Waals surface area contributed by atoms with Crippen molar-refractivity contribution < 1.29 is 25.2 Å². The Morgan fingerprint density at radius 2 is 2.09 bits per heavy atom. The molecule has 5 nitrogen and oxygen atoms in total. The van der Waals surface area contributed by atoms with Crippen molar-refractivity contribution in [3.63, 3.8) is 0 Å². The topological polar surface area (TPSA) is 90.2 Å². The molecule has 0 saturated carbocycles. The first kappa shape index (κ1) is 8.89. The van der Waals surface area contributed by atoms with E-state index in [0.29, 0.717) is 0 Å². The molecule has 3 unspecified atom stereocenters. The molecule has 1 fully saturated rings. The zero-order valence-electron chi connectivity index (χ0n) is 5.97. The fourth-order valence-electron chi connectivity index (χ4n) is 1.04. The van der Waals surface area contributed by atoms with Gasteiger partial charge in [-0.05, 0) is 6.42 Å². The van der Waals surface area contributed by atoms with E-state index in [1.807, 2.05) is 0 Å². The fourth-order valence-corrected chi connectivity index (χ4v) is 1.04. The van der Waals surface area contributed by atoms with Gasteiger partial charge in [0.1, 0.15) is 6.10 Å². The molecule has 11 heavy (non-hydrogen) atoms. The van der Waals surface area contributed by atoms with Gasteiger partial charge >= 0.3 is 0 Å². The maximum absolute atomic E-state index is 9.24. The van der Waals surface area contributed by atoms with E-state index >= 15 is 0 Å². The highest BCUT2D eigenvalue weighted by Crippen LogP contribution is 2.22. The monoisotopic (exact) mass is 164 g/mol. The average Bonchev–Trinajstić information content (AvgIpc) is 2.00. The van der Waals surface area contributed by atoms with E-state index in [9.17, 15) is 5.11 Å². The van der Waals surface area contributed by atoms with E-state index in [2.05, 4.69) is 0 Å². The summed E-state index contributed by atoms with van der Waals surface area (Å²) >= 11 is 0. The van der Waals surface area contributed by atoms with Gasteiger partial charge in [-0.25, -0.2) is 0 Å². The summed E-state index contributed by atoms with van der Waals surface area (Å²) in [5.74, 6) is -1.99. The lowest BCUT2D eigenvalue weighted by Crippen LogP contribution is -2.57. The molecule has 1 aliphatic heterocycles. The van der Waals surface area contributed by atoms with Crippen molar-refractivity contribution in [1.29, 1.82) is 0 Å². The molecule has 5 heteroatoms. The van der Waals surface area contributed by atoms with Crippen LogP contribution < -0.4 is 0 Å². The molecule has 1 heterocycles. The van der Waals surface area contributed by atoms with Gasteiger partial charge in [0.05, 0.1) is 19.3 Å². The fraction of sp³-hybridized carbons (Fsp3) is 1.00. The zero-order chi connectivity index (χ0) is 8.48. The molecule has 0 aromatic rings. The van der Waals surface area contributed by atoms with Gasteiger partial charge in [-0.1, -0.05) is 0 Å². The Kier molecular flexibility index (Phi) is 2.46. The maximum atomic E-state index is 9.24. The molecule has 0 radical (unpaired) electrons. The van der Waals surface area contributed by atoms with Gasteiger partial charge in [0, 0.05) is 0 Å². The predicted molar refractivity (Wildman–Crippen MR) is 34.6 cm³/mol. The average molecular weight is 164 g/mol. The first-order valence-corrected chi connectivity index (χ1v) is 3.43. The summed E-state index contributed by atoms with van der Waals surface area (Å²) in [5, 5.41) is 36.0. The molecule has 1 aliphatic rings. The summed E-state index contributed by atoms with van der Waals surface area (Å²) in [6.45, 7) is -0.583. The van der Waals surface area contributed by atoms with Gasteiger partial charge in [0.2, 0.25) is 5.79 Å². The molecule has 0 aliphatic carbocycles. The second-order valence-corrected chi connectivity index (χ2v) is 2.65. The number of aliphatic hydroxyl groups excluding tert-OH is 3. The lowest BCUT2D eigenvalue weighted by molar-refractivity contribution is -0.311. The Labute approximate surface area is 63.8 Å². The van der Waals surface area contributed by atoms with Crippen LogP contribution in [0.3, 0.4) is 0 Å². The van der Waals surface area contributed by atoms with Crippen LogP contribution >= 0.6 is 0 Å². The van der Waals surface area contributed by atoms with Crippen LogP contribution in [0, 0.1) is 0 Å². The number of ether oxygens (including phenoxy) is 1. The minimum atomic E-state index is -1.99. The summed E-state index contributed by atoms with van der Waals surface area (Å²) in [7, 11) is 0. The van der Waals surface area contributed by atoms with Crippen molar-refractivity contribution in [3.8, 4) is 0 Å². The van der Waals surface area contributed by atoms with Gasteiger partial charge in [0.15, 0.2) is 0 Å². The standard InChI is InChI=1S/C6H12O5/c7-3-6(10)5(9)4(8)1-2-11-6/h4-5,7-10H,1-3H2. The number of hydrogen-bond acceptors (Lipinski definition) is 5. The summed E-state index contributed by atoms with van der Waals surface area (Å²) in [4.78, 5) is 0. The van der Waals surface area contributed by atoms with E-state index in [4.69, 9.17) is 20.1 Å². The van der Waals surface area contributed by atoms with Crippen molar-refractivity contribution in [2.45, 2.75) is 24.4 Å². The number of aliphatic hydroxyl groups is 4. The molecule has 0 aromatic heterocycles. The molecule has 0 bridgehead atoms. The van der Waals surface area contributed by atoms with E-state index in [-0.39, 0.29) is 13.0 Å². The van der Waals surface area contributed by atoms with Crippen molar-refractivity contribution in [2.24, 2.45) is 0 Å². The highest BCUT2D eigenvalue weighted by atomic mass is 16.7. The summed E-state index contributed by atoms with van der Waals surface area (Å²) in [5.41, 5.74) is 0. The molecule has 0 aromatic carbocycles. The highest BCUT2D eigenvalue weighted by Gasteiger charge is 2.43. The van der Waals surface area contributed by atoms with Gasteiger partial charge in [-0.15, -0.1) is 0 Å². The molecular weight excluding hydrogens is 152 g/mol. The third-order valence-corrected chi connectivity index (χ3v) is 1.82. The van der Waals surface area contributed by atoms with E-state index in [1.165, 1.54) is 0 Å². The molecular formula is C6H12O5. The van der Waals surface area contributed by atoms with E-state index < -0.39 is 24.6 Å². The predicted octanol–water partition coefficient (Wildman–Crippen LogP) is -2.19. The Balaban J connectivity index is 2.64. The quantitative estimate of drug-likeness (QED) is 0.353. The van der Waals surface area contributed by atoms with Crippen molar-refractivity contribution >= 4 is 0 Å².